The van der Waals surface area contributed by atoms with E-state index in [1.165, 1.54) is 31.2 Å². The molecular weight excluding hydrogens is 705 g/mol. The summed E-state index contributed by atoms with van der Waals surface area (Å²) in [6.07, 6.45) is -2.33. The highest BCUT2D eigenvalue weighted by molar-refractivity contribution is 6.41. The minimum atomic E-state index is -2.01. The molecular formula is C30H46BN9O13. The zero-order chi connectivity index (χ0) is 40.2. The molecule has 1 aromatic carbocycles. The molecule has 0 aliphatic heterocycles. The molecule has 0 aromatic heterocycles. The SMILES string of the molecule is C[C@H](NC(=O)[C@H](CCC(N)=O)NC(=O)[C@H](CCCN=C(N)N)NC(=O)CNC(=O)C(CB(O)O)CC(=O)O)C(=O)N[C@@H](Cc1ccc(O)cc1)C(=O)O. The Balaban J connectivity index is 3.07. The fraction of sp³-hybridized carbons (Fsp3) is 0.500. The molecule has 0 saturated carbocycles. The van der Waals surface area contributed by atoms with Crippen LogP contribution in [0.3, 0.4) is 0 Å². The van der Waals surface area contributed by atoms with Crippen molar-refractivity contribution in [2.24, 2.45) is 28.1 Å². The van der Waals surface area contributed by atoms with Crippen LogP contribution in [-0.4, -0.2) is 123 Å². The molecule has 0 aliphatic rings. The van der Waals surface area contributed by atoms with Gasteiger partial charge in [-0.05, 0) is 50.2 Å². The Morgan fingerprint density at radius 2 is 1.38 bits per heavy atom. The van der Waals surface area contributed by atoms with E-state index in [1.54, 1.807) is 0 Å². The average molecular weight is 752 g/mol. The van der Waals surface area contributed by atoms with E-state index in [9.17, 15) is 58.6 Å². The van der Waals surface area contributed by atoms with E-state index in [1.807, 2.05) is 0 Å². The van der Waals surface area contributed by atoms with Gasteiger partial charge in [-0.15, -0.1) is 0 Å². The average Bonchev–Trinajstić information content (AvgIpc) is 3.06. The summed E-state index contributed by atoms with van der Waals surface area (Å²) < 4.78 is 0. The number of rotatable bonds is 24. The van der Waals surface area contributed by atoms with E-state index in [-0.39, 0.29) is 43.9 Å². The normalized spacial score (nSPS) is 13.4. The predicted molar refractivity (Wildman–Crippen MR) is 185 cm³/mol. The summed E-state index contributed by atoms with van der Waals surface area (Å²) in [6, 6.07) is -0.0792. The molecule has 6 amide bonds. The number of benzene rings is 1. The summed E-state index contributed by atoms with van der Waals surface area (Å²) in [5, 5.41) is 58.0. The zero-order valence-corrected chi connectivity index (χ0v) is 28.8. The number of aliphatic carboxylic acids is 2. The van der Waals surface area contributed by atoms with Crippen molar-refractivity contribution in [3.63, 3.8) is 0 Å². The molecule has 0 fully saturated rings. The lowest BCUT2D eigenvalue weighted by molar-refractivity contribution is -0.142. The fourth-order valence-corrected chi connectivity index (χ4v) is 4.65. The number of phenolic OH excluding ortho intramolecular Hbond substituents is 1. The summed E-state index contributed by atoms with van der Waals surface area (Å²) in [7, 11) is -2.01. The lowest BCUT2D eigenvalue weighted by atomic mass is 9.76. The monoisotopic (exact) mass is 751 g/mol. The quantitative estimate of drug-likeness (QED) is 0.0203. The molecule has 0 aliphatic carbocycles. The highest BCUT2D eigenvalue weighted by Gasteiger charge is 2.31. The van der Waals surface area contributed by atoms with Crippen LogP contribution in [0.4, 0.5) is 0 Å². The predicted octanol–water partition coefficient (Wildman–Crippen LogP) is -5.02. The van der Waals surface area contributed by atoms with Crippen LogP contribution < -0.4 is 43.8 Å². The molecule has 0 saturated heterocycles. The maximum Gasteiger partial charge on any atom is 0.452 e. The Hall–Kier alpha value is -5.97. The van der Waals surface area contributed by atoms with E-state index in [0.717, 1.165) is 0 Å². The summed E-state index contributed by atoms with van der Waals surface area (Å²) in [4.78, 5) is 103. The van der Waals surface area contributed by atoms with Gasteiger partial charge in [0.1, 0.15) is 29.9 Å². The molecule has 16 N–H and O–H groups in total. The minimum Gasteiger partial charge on any atom is -0.508 e. The Morgan fingerprint density at radius 1 is 0.792 bits per heavy atom. The van der Waals surface area contributed by atoms with Crippen LogP contribution in [0.15, 0.2) is 29.3 Å². The lowest BCUT2D eigenvalue weighted by Gasteiger charge is -2.25. The molecule has 0 radical (unpaired) electrons. The number of carbonyl (C=O) groups excluding carboxylic acids is 6. The molecule has 0 bridgehead atoms. The lowest BCUT2D eigenvalue weighted by Crippen LogP contribution is -2.57. The van der Waals surface area contributed by atoms with Gasteiger partial charge < -0.3 is 69.2 Å². The number of phenols is 1. The Morgan fingerprint density at radius 3 is 1.92 bits per heavy atom. The van der Waals surface area contributed by atoms with Crippen molar-refractivity contribution >= 4 is 60.5 Å². The highest BCUT2D eigenvalue weighted by atomic mass is 16.4. The van der Waals surface area contributed by atoms with Gasteiger partial charge in [-0.3, -0.25) is 38.6 Å². The molecule has 23 heteroatoms. The number of primary amides is 1. The van der Waals surface area contributed by atoms with Crippen molar-refractivity contribution < 1.29 is 63.7 Å². The first-order chi connectivity index (χ1) is 24.8. The molecule has 5 atom stereocenters. The van der Waals surface area contributed by atoms with E-state index in [2.05, 4.69) is 31.6 Å². The first-order valence-electron chi connectivity index (χ1n) is 16.2. The molecule has 1 aromatic rings. The van der Waals surface area contributed by atoms with Gasteiger partial charge in [-0.1, -0.05) is 12.1 Å². The van der Waals surface area contributed by atoms with Crippen LogP contribution in [0.1, 0.15) is 44.6 Å². The number of nitrogens with two attached hydrogens (primary N) is 3. The van der Waals surface area contributed by atoms with Gasteiger partial charge in [-0.25, -0.2) is 4.79 Å². The van der Waals surface area contributed by atoms with Crippen molar-refractivity contribution in [3.8, 4) is 5.75 Å². The standard InChI is InChI=1S/C30H46BN9O13/c1-15(25(46)40-21(29(50)51)11-16-4-6-18(41)7-5-16)37-27(48)20(8-9-22(32)42)39-28(49)19(3-2-10-35-30(33)34)38-23(43)14-36-26(47)17(12-24(44)45)13-31(52)53/h4-7,15,17,19-21,41,52-53H,2-3,8-14H2,1H3,(H2,32,42)(H,36,47)(H,37,48)(H,38,43)(H,39,49)(H,40,46)(H,44,45)(H,50,51)(H4,33,34,35)/t15-,17?,19-,20-,21-/m0/s1. The summed E-state index contributed by atoms with van der Waals surface area (Å²) in [5.74, 6) is -10.1. The van der Waals surface area contributed by atoms with E-state index in [0.29, 0.717) is 5.56 Å². The number of hydrogen-bond donors (Lipinski definition) is 13. The number of nitrogens with one attached hydrogen (secondary N) is 5. The van der Waals surface area contributed by atoms with Crippen molar-refractivity contribution in [1.82, 2.24) is 26.6 Å². The van der Waals surface area contributed by atoms with Crippen LogP contribution in [0.5, 0.6) is 5.75 Å². The van der Waals surface area contributed by atoms with E-state index < -0.39 is 110 Å². The number of carboxylic acid groups (broad SMARTS) is 2. The number of carbonyl (C=O) groups is 8. The third-order valence-corrected chi connectivity index (χ3v) is 7.36. The first kappa shape index (κ1) is 45.1. The minimum absolute atomic E-state index is 0.0152. The summed E-state index contributed by atoms with van der Waals surface area (Å²) in [5.41, 5.74) is 16.4. The van der Waals surface area contributed by atoms with Crippen LogP contribution >= 0.6 is 0 Å². The molecule has 22 nitrogen and oxygen atoms in total. The van der Waals surface area contributed by atoms with Crippen molar-refractivity contribution in [2.45, 2.75) is 75.9 Å². The van der Waals surface area contributed by atoms with E-state index >= 15 is 0 Å². The number of guanidine groups is 1. The van der Waals surface area contributed by atoms with Gasteiger partial charge in [0.15, 0.2) is 5.96 Å². The largest absolute Gasteiger partial charge is 0.508 e. The van der Waals surface area contributed by atoms with Gasteiger partial charge in [0.25, 0.3) is 0 Å². The second-order valence-corrected chi connectivity index (χ2v) is 11.9. The van der Waals surface area contributed by atoms with Gasteiger partial charge in [0.2, 0.25) is 35.4 Å². The number of aromatic hydroxyl groups is 1. The van der Waals surface area contributed by atoms with Gasteiger partial charge in [-0.2, -0.15) is 0 Å². The highest BCUT2D eigenvalue weighted by Crippen LogP contribution is 2.13. The smallest absolute Gasteiger partial charge is 0.452 e. The van der Waals surface area contributed by atoms with Gasteiger partial charge in [0, 0.05) is 25.3 Å². The Kier molecular flexibility index (Phi) is 19.4. The zero-order valence-electron chi connectivity index (χ0n) is 28.8. The second kappa shape index (κ2) is 22.8. The maximum atomic E-state index is 13.4. The molecule has 1 rings (SSSR count). The number of nitrogens with zero attached hydrogens (tertiary/aromatic N) is 1. The summed E-state index contributed by atoms with van der Waals surface area (Å²) >= 11 is 0. The Bertz CT molecular complexity index is 1490. The van der Waals surface area contributed by atoms with Crippen LogP contribution in [-0.2, 0) is 44.8 Å². The topological polar surface area (TPSA) is 388 Å². The Labute approximate surface area is 303 Å². The number of amides is 6. The third-order valence-electron chi connectivity index (χ3n) is 7.36. The van der Waals surface area contributed by atoms with Gasteiger partial charge >= 0.3 is 19.1 Å². The van der Waals surface area contributed by atoms with Crippen LogP contribution in [0.25, 0.3) is 0 Å². The summed E-state index contributed by atoms with van der Waals surface area (Å²) in [6.45, 7) is 0.487. The van der Waals surface area contributed by atoms with Crippen molar-refractivity contribution in [1.29, 1.82) is 0 Å². The van der Waals surface area contributed by atoms with Gasteiger partial charge in [0.05, 0.1) is 13.0 Å². The van der Waals surface area contributed by atoms with Crippen molar-refractivity contribution in [2.75, 3.05) is 13.1 Å². The number of aliphatic imine (C=N–C) groups is 1. The molecule has 292 valence electrons. The number of carboxylic acids is 2. The van der Waals surface area contributed by atoms with Crippen molar-refractivity contribution in [3.05, 3.63) is 29.8 Å². The second-order valence-electron chi connectivity index (χ2n) is 11.9. The molecule has 0 heterocycles. The molecule has 53 heavy (non-hydrogen) atoms. The van der Waals surface area contributed by atoms with E-state index in [4.69, 9.17) is 22.3 Å². The first-order valence-corrected chi connectivity index (χ1v) is 16.2. The number of hydrogen-bond acceptors (Lipinski definition) is 12. The maximum absolute atomic E-state index is 13.4. The van der Waals surface area contributed by atoms with Crippen LogP contribution in [0, 0.1) is 5.92 Å². The third kappa shape index (κ3) is 18.7. The van der Waals surface area contributed by atoms with Crippen LogP contribution in [0.2, 0.25) is 6.32 Å². The molecule has 0 spiro atoms. The fourth-order valence-electron chi connectivity index (χ4n) is 4.65. The molecule has 1 unspecified atom stereocenters.